The molecule has 1 heterocycles. The molecule has 0 bridgehead atoms. The Morgan fingerprint density at radius 3 is 2.23 bits per heavy atom. The van der Waals surface area contributed by atoms with Crippen LogP contribution in [0.4, 0.5) is 17.1 Å². The smallest absolute Gasteiger partial charge is 0.232 e. The Bertz CT molecular complexity index is 935. The quantitative estimate of drug-likeness (QED) is 0.684. The zero-order valence-electron chi connectivity index (χ0n) is 17.8. The van der Waals surface area contributed by atoms with Crippen LogP contribution in [0.1, 0.15) is 37.7 Å². The lowest BCUT2D eigenvalue weighted by Crippen LogP contribution is -2.31. The van der Waals surface area contributed by atoms with Crippen LogP contribution in [0.25, 0.3) is 0 Å². The van der Waals surface area contributed by atoms with Crippen molar-refractivity contribution < 1.29 is 13.2 Å². The second-order valence-corrected chi connectivity index (χ2v) is 9.82. The van der Waals surface area contributed by atoms with E-state index in [2.05, 4.69) is 10.2 Å². The normalized spacial score (nSPS) is 14.4. The van der Waals surface area contributed by atoms with Crippen molar-refractivity contribution in [3.63, 3.8) is 0 Å². The standard InChI is InChI=1S/C23H31N3O3S/c1-19-8-12-22(13-9-19)26(30(2,28)29)18-6-7-23(27)24-20-10-14-21(15-11-20)25-16-4-3-5-17-25/h8-15H,3-7,16-18H2,1-2H3,(H,24,27). The van der Waals surface area contributed by atoms with Gasteiger partial charge in [0.2, 0.25) is 15.9 Å². The molecule has 1 amide bonds. The van der Waals surface area contributed by atoms with E-state index in [1.165, 1.54) is 35.5 Å². The van der Waals surface area contributed by atoms with Gasteiger partial charge in [0.15, 0.2) is 0 Å². The van der Waals surface area contributed by atoms with Crippen LogP contribution in [-0.4, -0.2) is 40.2 Å². The third-order valence-corrected chi connectivity index (χ3v) is 6.55. The van der Waals surface area contributed by atoms with E-state index in [4.69, 9.17) is 0 Å². The van der Waals surface area contributed by atoms with E-state index < -0.39 is 10.0 Å². The number of nitrogens with one attached hydrogen (secondary N) is 1. The van der Waals surface area contributed by atoms with Gasteiger partial charge in [-0.2, -0.15) is 0 Å². The first-order valence-electron chi connectivity index (χ1n) is 10.5. The van der Waals surface area contributed by atoms with Crippen LogP contribution in [0.2, 0.25) is 0 Å². The monoisotopic (exact) mass is 429 g/mol. The highest BCUT2D eigenvalue weighted by Crippen LogP contribution is 2.22. The first-order chi connectivity index (χ1) is 14.3. The zero-order valence-corrected chi connectivity index (χ0v) is 18.6. The summed E-state index contributed by atoms with van der Waals surface area (Å²) in [6.45, 7) is 4.40. The van der Waals surface area contributed by atoms with Crippen LogP contribution < -0.4 is 14.5 Å². The Hall–Kier alpha value is -2.54. The summed E-state index contributed by atoms with van der Waals surface area (Å²) >= 11 is 0. The number of rotatable bonds is 8. The van der Waals surface area contributed by atoms with Crippen molar-refractivity contribution in [1.82, 2.24) is 0 Å². The van der Waals surface area contributed by atoms with Gasteiger partial charge >= 0.3 is 0 Å². The molecule has 1 N–H and O–H groups in total. The minimum absolute atomic E-state index is 0.113. The molecule has 30 heavy (non-hydrogen) atoms. The summed E-state index contributed by atoms with van der Waals surface area (Å²) in [7, 11) is -3.41. The molecule has 1 aliphatic heterocycles. The van der Waals surface area contributed by atoms with Gasteiger partial charge in [0, 0.05) is 37.4 Å². The SMILES string of the molecule is Cc1ccc(N(CCCC(=O)Nc2ccc(N3CCCCC3)cc2)S(C)(=O)=O)cc1. The minimum atomic E-state index is -3.41. The van der Waals surface area contributed by atoms with Gasteiger partial charge < -0.3 is 10.2 Å². The zero-order chi connectivity index (χ0) is 21.6. The number of carbonyl (C=O) groups is 1. The molecule has 0 aromatic heterocycles. The van der Waals surface area contributed by atoms with Crippen LogP contribution in [0.3, 0.4) is 0 Å². The average molecular weight is 430 g/mol. The first-order valence-corrected chi connectivity index (χ1v) is 12.4. The lowest BCUT2D eigenvalue weighted by molar-refractivity contribution is -0.116. The van der Waals surface area contributed by atoms with Crippen LogP contribution in [-0.2, 0) is 14.8 Å². The number of anilines is 3. The molecule has 0 radical (unpaired) electrons. The number of hydrogen-bond acceptors (Lipinski definition) is 4. The average Bonchev–Trinajstić information content (AvgIpc) is 2.72. The van der Waals surface area contributed by atoms with Gasteiger partial charge in [0.1, 0.15) is 0 Å². The van der Waals surface area contributed by atoms with Gasteiger partial charge in [-0.1, -0.05) is 17.7 Å². The summed E-state index contributed by atoms with van der Waals surface area (Å²) in [5.41, 5.74) is 3.64. The maximum absolute atomic E-state index is 12.3. The number of piperidine rings is 1. The highest BCUT2D eigenvalue weighted by atomic mass is 32.2. The largest absolute Gasteiger partial charge is 0.372 e. The molecule has 1 saturated heterocycles. The predicted molar refractivity (Wildman–Crippen MR) is 124 cm³/mol. The van der Waals surface area contributed by atoms with E-state index >= 15 is 0 Å². The number of benzene rings is 2. The highest BCUT2D eigenvalue weighted by Gasteiger charge is 2.17. The highest BCUT2D eigenvalue weighted by molar-refractivity contribution is 7.92. The van der Waals surface area contributed by atoms with E-state index in [1.54, 1.807) is 12.1 Å². The second kappa shape index (κ2) is 9.98. The van der Waals surface area contributed by atoms with Crippen molar-refractivity contribution in [2.45, 2.75) is 39.0 Å². The lowest BCUT2D eigenvalue weighted by atomic mass is 10.1. The maximum Gasteiger partial charge on any atom is 0.232 e. The van der Waals surface area contributed by atoms with E-state index in [1.807, 2.05) is 43.3 Å². The summed E-state index contributed by atoms with van der Waals surface area (Å²) in [5.74, 6) is -0.113. The van der Waals surface area contributed by atoms with Crippen molar-refractivity contribution in [3.05, 3.63) is 54.1 Å². The van der Waals surface area contributed by atoms with Crippen molar-refractivity contribution >= 4 is 33.0 Å². The molecule has 0 aliphatic carbocycles. The number of nitrogens with zero attached hydrogens (tertiary/aromatic N) is 2. The van der Waals surface area contributed by atoms with Crippen LogP contribution in [0.5, 0.6) is 0 Å². The summed E-state index contributed by atoms with van der Waals surface area (Å²) < 4.78 is 25.7. The molecule has 7 heteroatoms. The fourth-order valence-corrected chi connectivity index (χ4v) is 4.68. The predicted octanol–water partition coefficient (Wildman–Crippen LogP) is 4.17. The van der Waals surface area contributed by atoms with Crippen LogP contribution >= 0.6 is 0 Å². The maximum atomic E-state index is 12.3. The van der Waals surface area contributed by atoms with Crippen LogP contribution in [0, 0.1) is 6.92 Å². The molecule has 0 saturated carbocycles. The molecule has 3 rings (SSSR count). The number of amides is 1. The molecule has 2 aromatic carbocycles. The topological polar surface area (TPSA) is 69.7 Å². The van der Waals surface area contributed by atoms with Crippen molar-refractivity contribution in [1.29, 1.82) is 0 Å². The second-order valence-electron chi connectivity index (χ2n) is 7.92. The van der Waals surface area contributed by atoms with Gasteiger partial charge in [-0.25, -0.2) is 8.42 Å². The lowest BCUT2D eigenvalue weighted by Gasteiger charge is -2.28. The van der Waals surface area contributed by atoms with E-state index in [0.717, 1.165) is 24.3 Å². The number of aryl methyl sites for hydroxylation is 1. The van der Waals surface area contributed by atoms with E-state index in [-0.39, 0.29) is 18.9 Å². The Morgan fingerprint density at radius 2 is 1.63 bits per heavy atom. The molecule has 0 unspecified atom stereocenters. The molecular formula is C23H31N3O3S. The first kappa shape index (κ1) is 22.2. The van der Waals surface area contributed by atoms with Gasteiger partial charge in [-0.15, -0.1) is 0 Å². The Balaban J connectivity index is 1.51. The van der Waals surface area contributed by atoms with Crippen molar-refractivity contribution in [2.24, 2.45) is 0 Å². The summed E-state index contributed by atoms with van der Waals surface area (Å²) in [5, 5.41) is 2.91. The Labute approximate surface area is 179 Å². The van der Waals surface area contributed by atoms with Gasteiger partial charge in [-0.3, -0.25) is 9.10 Å². The molecule has 2 aromatic rings. The Morgan fingerprint density at radius 1 is 1.00 bits per heavy atom. The minimum Gasteiger partial charge on any atom is -0.372 e. The number of hydrogen-bond donors (Lipinski definition) is 1. The summed E-state index contributed by atoms with van der Waals surface area (Å²) in [6.07, 6.45) is 5.64. The molecule has 162 valence electrons. The van der Waals surface area contributed by atoms with E-state index in [0.29, 0.717) is 12.1 Å². The van der Waals surface area contributed by atoms with Crippen molar-refractivity contribution in [2.75, 3.05) is 40.4 Å². The molecule has 0 spiro atoms. The fourth-order valence-electron chi connectivity index (χ4n) is 3.71. The van der Waals surface area contributed by atoms with Crippen LogP contribution in [0.15, 0.2) is 48.5 Å². The van der Waals surface area contributed by atoms with E-state index in [9.17, 15) is 13.2 Å². The van der Waals surface area contributed by atoms with Gasteiger partial charge in [0.05, 0.1) is 11.9 Å². The van der Waals surface area contributed by atoms with Gasteiger partial charge in [0.25, 0.3) is 0 Å². The molecule has 1 aliphatic rings. The third kappa shape index (κ3) is 6.23. The molecule has 0 atom stereocenters. The van der Waals surface area contributed by atoms with Crippen molar-refractivity contribution in [3.8, 4) is 0 Å². The fraction of sp³-hybridized carbons (Fsp3) is 0.435. The van der Waals surface area contributed by atoms with Gasteiger partial charge in [-0.05, 0) is 69.0 Å². The number of carbonyl (C=O) groups excluding carboxylic acids is 1. The Kier molecular flexibility index (Phi) is 7.37. The third-order valence-electron chi connectivity index (χ3n) is 5.36. The molecular weight excluding hydrogens is 398 g/mol. The molecule has 6 nitrogen and oxygen atoms in total. The summed E-state index contributed by atoms with van der Waals surface area (Å²) in [6, 6.07) is 15.3. The number of sulfonamides is 1. The summed E-state index contributed by atoms with van der Waals surface area (Å²) in [4.78, 5) is 14.7. The molecule has 1 fully saturated rings.